The summed E-state index contributed by atoms with van der Waals surface area (Å²) in [7, 11) is 0. The monoisotopic (exact) mass is 348 g/mol. The van der Waals surface area contributed by atoms with Gasteiger partial charge in [0.05, 0.1) is 10.5 Å². The van der Waals surface area contributed by atoms with Gasteiger partial charge in [0.25, 0.3) is 0 Å². The molecule has 0 aromatic heterocycles. The van der Waals surface area contributed by atoms with E-state index in [9.17, 15) is 17.6 Å². The minimum Gasteiger partial charge on any atom is -0.271 e. The van der Waals surface area contributed by atoms with Crippen LogP contribution in [0.2, 0.25) is 0 Å². The fourth-order valence-electron chi connectivity index (χ4n) is 1.87. The van der Waals surface area contributed by atoms with Gasteiger partial charge >= 0.3 is 0 Å². The Kier molecular flexibility index (Phi) is 4.42. The van der Waals surface area contributed by atoms with E-state index < -0.39 is 34.9 Å². The topological polar surface area (TPSA) is 38.0 Å². The highest BCUT2D eigenvalue weighted by atomic mass is 79.9. The Morgan fingerprint density at radius 1 is 1.00 bits per heavy atom. The fourth-order valence-corrected chi connectivity index (χ4v) is 2.22. The van der Waals surface area contributed by atoms with Gasteiger partial charge in [-0.05, 0) is 46.3 Å². The molecule has 2 aromatic rings. The van der Waals surface area contributed by atoms with Crippen molar-refractivity contribution in [2.24, 2.45) is 5.84 Å². The van der Waals surface area contributed by atoms with E-state index in [2.05, 4.69) is 21.4 Å². The maximum atomic E-state index is 14.0. The van der Waals surface area contributed by atoms with Gasteiger partial charge in [0, 0.05) is 11.1 Å². The smallest absolute Gasteiger partial charge is 0.145 e. The molecular weight excluding hydrogens is 340 g/mol. The standard InChI is InChI=1S/C13H9BrF4N2/c14-8-2-4-10(17)11(12(8)18)13(20-19)7-5-6(15)1-3-9(7)16/h1-5,13,20H,19H2. The van der Waals surface area contributed by atoms with Crippen molar-refractivity contribution in [2.75, 3.05) is 0 Å². The molecule has 7 heteroatoms. The highest BCUT2D eigenvalue weighted by molar-refractivity contribution is 9.10. The number of hydrogen-bond acceptors (Lipinski definition) is 2. The third-order valence-corrected chi connectivity index (χ3v) is 3.42. The minimum atomic E-state index is -1.36. The number of benzene rings is 2. The van der Waals surface area contributed by atoms with E-state index in [0.717, 1.165) is 24.3 Å². The molecule has 0 spiro atoms. The van der Waals surface area contributed by atoms with E-state index in [1.807, 2.05) is 0 Å². The zero-order valence-corrected chi connectivity index (χ0v) is 11.5. The lowest BCUT2D eigenvalue weighted by Gasteiger charge is -2.19. The molecule has 0 aliphatic carbocycles. The van der Waals surface area contributed by atoms with E-state index in [-0.39, 0.29) is 10.0 Å². The zero-order valence-electron chi connectivity index (χ0n) is 9.93. The molecule has 0 aliphatic heterocycles. The second kappa shape index (κ2) is 5.90. The third-order valence-electron chi connectivity index (χ3n) is 2.80. The lowest BCUT2D eigenvalue weighted by molar-refractivity contribution is 0.489. The molecule has 2 aromatic carbocycles. The number of hydrazine groups is 1. The van der Waals surface area contributed by atoms with Gasteiger partial charge in [-0.25, -0.2) is 23.0 Å². The Balaban J connectivity index is 2.64. The molecule has 0 radical (unpaired) electrons. The number of hydrogen-bond donors (Lipinski definition) is 2. The molecule has 0 aliphatic rings. The minimum absolute atomic E-state index is 0.00837. The first-order valence-electron chi connectivity index (χ1n) is 5.50. The highest BCUT2D eigenvalue weighted by Gasteiger charge is 2.25. The van der Waals surface area contributed by atoms with Gasteiger partial charge in [-0.15, -0.1) is 0 Å². The average molecular weight is 349 g/mol. The molecule has 1 atom stereocenters. The lowest BCUT2D eigenvalue weighted by Crippen LogP contribution is -2.31. The van der Waals surface area contributed by atoms with Crippen LogP contribution < -0.4 is 11.3 Å². The number of rotatable bonds is 3. The largest absolute Gasteiger partial charge is 0.271 e. The van der Waals surface area contributed by atoms with Crippen LogP contribution in [0.3, 0.4) is 0 Å². The second-order valence-electron chi connectivity index (χ2n) is 4.02. The lowest BCUT2D eigenvalue weighted by atomic mass is 9.97. The molecule has 2 nitrogen and oxygen atoms in total. The molecule has 0 fully saturated rings. The second-order valence-corrected chi connectivity index (χ2v) is 4.88. The summed E-state index contributed by atoms with van der Waals surface area (Å²) in [5, 5.41) is 0. The molecule has 3 N–H and O–H groups in total. The Morgan fingerprint density at radius 3 is 2.30 bits per heavy atom. The summed E-state index contributed by atoms with van der Waals surface area (Å²) in [4.78, 5) is 0. The predicted octanol–water partition coefficient (Wildman–Crippen LogP) is 3.56. The Morgan fingerprint density at radius 2 is 1.65 bits per heavy atom. The molecule has 1 unspecified atom stereocenters. The van der Waals surface area contributed by atoms with Crippen LogP contribution >= 0.6 is 15.9 Å². The molecule has 2 rings (SSSR count). The van der Waals surface area contributed by atoms with Crippen molar-refractivity contribution in [3.8, 4) is 0 Å². The van der Waals surface area contributed by atoms with Crippen LogP contribution in [0.25, 0.3) is 0 Å². The Labute approximate surface area is 120 Å². The predicted molar refractivity (Wildman–Crippen MR) is 69.6 cm³/mol. The first-order chi connectivity index (χ1) is 9.45. The van der Waals surface area contributed by atoms with Crippen molar-refractivity contribution in [1.82, 2.24) is 5.43 Å². The van der Waals surface area contributed by atoms with Crippen LogP contribution in [0.15, 0.2) is 34.8 Å². The van der Waals surface area contributed by atoms with Gasteiger partial charge < -0.3 is 0 Å². The number of nitrogens with one attached hydrogen (secondary N) is 1. The quantitative estimate of drug-likeness (QED) is 0.385. The summed E-state index contributed by atoms with van der Waals surface area (Å²) in [6, 6.07) is 3.42. The van der Waals surface area contributed by atoms with E-state index in [4.69, 9.17) is 5.84 Å². The van der Waals surface area contributed by atoms with Crippen molar-refractivity contribution in [3.63, 3.8) is 0 Å². The van der Waals surface area contributed by atoms with Crippen molar-refractivity contribution >= 4 is 15.9 Å². The Bertz CT molecular complexity index is 649. The van der Waals surface area contributed by atoms with Crippen molar-refractivity contribution in [2.45, 2.75) is 6.04 Å². The average Bonchev–Trinajstić information content (AvgIpc) is 2.42. The number of nitrogens with two attached hydrogens (primary N) is 1. The summed E-state index contributed by atoms with van der Waals surface area (Å²) in [5.74, 6) is 1.84. The Hall–Kier alpha value is -1.44. The van der Waals surface area contributed by atoms with Crippen molar-refractivity contribution in [1.29, 1.82) is 0 Å². The maximum Gasteiger partial charge on any atom is 0.145 e. The van der Waals surface area contributed by atoms with Crippen LogP contribution in [-0.4, -0.2) is 0 Å². The summed E-state index contributed by atoms with van der Waals surface area (Å²) < 4.78 is 54.8. The first-order valence-corrected chi connectivity index (χ1v) is 6.29. The molecule has 0 bridgehead atoms. The molecule has 106 valence electrons. The van der Waals surface area contributed by atoms with E-state index in [1.165, 1.54) is 6.07 Å². The zero-order chi connectivity index (χ0) is 14.9. The van der Waals surface area contributed by atoms with Crippen LogP contribution in [0.1, 0.15) is 17.2 Å². The SMILES string of the molecule is NNC(c1cc(F)ccc1F)c1c(F)ccc(Br)c1F. The molecular formula is C13H9BrF4N2. The molecule has 0 saturated carbocycles. The van der Waals surface area contributed by atoms with Crippen molar-refractivity contribution < 1.29 is 17.6 Å². The van der Waals surface area contributed by atoms with E-state index in [0.29, 0.717) is 0 Å². The van der Waals surface area contributed by atoms with Crippen LogP contribution in [0, 0.1) is 23.3 Å². The summed E-state index contributed by atoms with van der Waals surface area (Å²) >= 11 is 2.91. The van der Waals surface area contributed by atoms with Crippen LogP contribution in [0.4, 0.5) is 17.6 Å². The van der Waals surface area contributed by atoms with Gasteiger partial charge in [0.2, 0.25) is 0 Å². The van der Waals surface area contributed by atoms with Crippen LogP contribution in [-0.2, 0) is 0 Å². The number of halogens is 5. The van der Waals surface area contributed by atoms with Crippen molar-refractivity contribution in [3.05, 3.63) is 69.2 Å². The molecule has 20 heavy (non-hydrogen) atoms. The van der Waals surface area contributed by atoms with Gasteiger partial charge in [0.15, 0.2) is 0 Å². The summed E-state index contributed by atoms with van der Waals surface area (Å²) in [6.45, 7) is 0. The normalized spacial score (nSPS) is 12.5. The van der Waals surface area contributed by atoms with Gasteiger partial charge in [0.1, 0.15) is 23.3 Å². The highest BCUT2D eigenvalue weighted by Crippen LogP contribution is 2.31. The van der Waals surface area contributed by atoms with E-state index in [1.54, 1.807) is 0 Å². The first kappa shape index (κ1) is 15.0. The summed E-state index contributed by atoms with van der Waals surface area (Å²) in [6.07, 6.45) is 0. The maximum absolute atomic E-state index is 14.0. The summed E-state index contributed by atoms with van der Waals surface area (Å²) in [5.41, 5.74) is 1.32. The van der Waals surface area contributed by atoms with Gasteiger partial charge in [-0.2, -0.15) is 0 Å². The fraction of sp³-hybridized carbons (Fsp3) is 0.0769. The van der Waals surface area contributed by atoms with E-state index >= 15 is 0 Å². The molecule has 0 heterocycles. The third kappa shape index (κ3) is 2.70. The molecule has 0 amide bonds. The van der Waals surface area contributed by atoms with Gasteiger partial charge in [-0.1, -0.05) is 0 Å². The van der Waals surface area contributed by atoms with Gasteiger partial charge in [-0.3, -0.25) is 5.84 Å². The molecule has 0 saturated heterocycles. The van der Waals surface area contributed by atoms with Crippen LogP contribution in [0.5, 0.6) is 0 Å².